The second-order valence-electron chi connectivity index (χ2n) is 4.28. The molecule has 0 radical (unpaired) electrons. The average Bonchev–Trinajstić information content (AvgIpc) is 2.26. The summed E-state index contributed by atoms with van der Waals surface area (Å²) < 4.78 is 0. The van der Waals surface area contributed by atoms with Crippen molar-refractivity contribution < 1.29 is 4.79 Å². The first kappa shape index (κ1) is 11.5. The summed E-state index contributed by atoms with van der Waals surface area (Å²) in [5.74, 6) is 1.02. The molecule has 1 aliphatic rings. The summed E-state index contributed by atoms with van der Waals surface area (Å²) in [5, 5.41) is 0. The molecule has 0 spiro atoms. The molecule has 14 heavy (non-hydrogen) atoms. The van der Waals surface area contributed by atoms with Gasteiger partial charge in [-0.25, -0.2) is 0 Å². The third-order valence-electron chi connectivity index (χ3n) is 3.28. The molecule has 1 nitrogen and oxygen atoms in total. The number of hydrogen-bond acceptors (Lipinski definition) is 1. The van der Waals surface area contributed by atoms with Crippen molar-refractivity contribution in [3.63, 3.8) is 0 Å². The van der Waals surface area contributed by atoms with Gasteiger partial charge in [0.25, 0.3) is 0 Å². The minimum atomic E-state index is 0.415. The molecule has 0 saturated heterocycles. The average molecular weight is 194 g/mol. The highest BCUT2D eigenvalue weighted by molar-refractivity contribution is 5.95. The number of ketones is 1. The fourth-order valence-electron chi connectivity index (χ4n) is 2.06. The summed E-state index contributed by atoms with van der Waals surface area (Å²) in [7, 11) is 0. The molecular formula is C13H22O. The van der Waals surface area contributed by atoms with E-state index in [4.69, 9.17) is 0 Å². The van der Waals surface area contributed by atoms with Crippen molar-refractivity contribution in [1.82, 2.24) is 0 Å². The first-order chi connectivity index (χ1) is 6.77. The topological polar surface area (TPSA) is 17.1 Å². The fraction of sp³-hybridized carbons (Fsp3) is 0.769. The van der Waals surface area contributed by atoms with E-state index in [0.717, 1.165) is 37.7 Å². The smallest absolute Gasteiger partial charge is 0.158 e. The van der Waals surface area contributed by atoms with E-state index in [1.165, 1.54) is 12.8 Å². The molecule has 0 aromatic heterocycles. The van der Waals surface area contributed by atoms with Crippen molar-refractivity contribution in [1.29, 1.82) is 0 Å². The van der Waals surface area contributed by atoms with Crippen molar-refractivity contribution in [2.45, 2.75) is 58.8 Å². The van der Waals surface area contributed by atoms with E-state index in [9.17, 15) is 4.79 Å². The maximum absolute atomic E-state index is 11.9. The standard InChI is InChI=1S/C13H22O/c1-3-11(4-2)10-13(14)12-8-6-5-7-9-12/h8,11H,3-7,9-10H2,1-2H3. The Morgan fingerprint density at radius 1 is 1.36 bits per heavy atom. The third-order valence-corrected chi connectivity index (χ3v) is 3.28. The number of carbonyl (C=O) groups excluding carboxylic acids is 1. The van der Waals surface area contributed by atoms with Crippen molar-refractivity contribution in [3.05, 3.63) is 11.6 Å². The molecule has 0 amide bonds. The molecule has 0 unspecified atom stereocenters. The second-order valence-corrected chi connectivity index (χ2v) is 4.28. The zero-order chi connectivity index (χ0) is 10.4. The van der Waals surface area contributed by atoms with Crippen molar-refractivity contribution in [3.8, 4) is 0 Å². The maximum Gasteiger partial charge on any atom is 0.158 e. The molecule has 0 fully saturated rings. The number of hydrogen-bond donors (Lipinski definition) is 0. The van der Waals surface area contributed by atoms with Gasteiger partial charge in [-0.05, 0) is 37.2 Å². The number of carbonyl (C=O) groups is 1. The molecule has 0 N–H and O–H groups in total. The van der Waals surface area contributed by atoms with Crippen LogP contribution < -0.4 is 0 Å². The monoisotopic (exact) mass is 194 g/mol. The molecule has 0 aromatic carbocycles. The van der Waals surface area contributed by atoms with Crippen LogP contribution in [-0.2, 0) is 4.79 Å². The van der Waals surface area contributed by atoms with Crippen LogP contribution in [0.15, 0.2) is 11.6 Å². The van der Waals surface area contributed by atoms with E-state index in [2.05, 4.69) is 19.9 Å². The summed E-state index contributed by atoms with van der Waals surface area (Å²) >= 11 is 0. The lowest BCUT2D eigenvalue weighted by Gasteiger charge is -2.15. The first-order valence-electron chi connectivity index (χ1n) is 6.00. The molecule has 0 heterocycles. The van der Waals surface area contributed by atoms with Crippen molar-refractivity contribution in [2.24, 2.45) is 5.92 Å². The Bertz CT molecular complexity index is 211. The van der Waals surface area contributed by atoms with E-state index >= 15 is 0 Å². The Morgan fingerprint density at radius 2 is 2.07 bits per heavy atom. The molecule has 80 valence electrons. The van der Waals surface area contributed by atoms with Gasteiger partial charge in [-0.15, -0.1) is 0 Å². The van der Waals surface area contributed by atoms with E-state index in [1.807, 2.05) is 0 Å². The van der Waals surface area contributed by atoms with Crippen LogP contribution in [-0.4, -0.2) is 5.78 Å². The fourth-order valence-corrected chi connectivity index (χ4v) is 2.06. The Kier molecular flexibility index (Phi) is 4.92. The minimum absolute atomic E-state index is 0.415. The van der Waals surface area contributed by atoms with Gasteiger partial charge in [0.1, 0.15) is 0 Å². The first-order valence-corrected chi connectivity index (χ1v) is 6.00. The summed E-state index contributed by atoms with van der Waals surface area (Å²) in [5.41, 5.74) is 1.11. The van der Waals surface area contributed by atoms with Crippen LogP contribution in [0.3, 0.4) is 0 Å². The Balaban J connectivity index is 2.44. The Morgan fingerprint density at radius 3 is 2.57 bits per heavy atom. The van der Waals surface area contributed by atoms with Gasteiger partial charge < -0.3 is 0 Å². The van der Waals surface area contributed by atoms with Crippen molar-refractivity contribution in [2.75, 3.05) is 0 Å². The van der Waals surface area contributed by atoms with Crippen LogP contribution in [0.25, 0.3) is 0 Å². The van der Waals surface area contributed by atoms with Gasteiger partial charge in [-0.2, -0.15) is 0 Å². The van der Waals surface area contributed by atoms with Crippen LogP contribution in [0.2, 0.25) is 0 Å². The molecule has 0 aliphatic heterocycles. The highest BCUT2D eigenvalue weighted by atomic mass is 16.1. The van der Waals surface area contributed by atoms with Gasteiger partial charge in [0.2, 0.25) is 0 Å². The number of allylic oxidation sites excluding steroid dienone is 2. The molecule has 0 bridgehead atoms. The van der Waals surface area contributed by atoms with E-state index < -0.39 is 0 Å². The summed E-state index contributed by atoms with van der Waals surface area (Å²) in [4.78, 5) is 11.9. The van der Waals surface area contributed by atoms with Gasteiger partial charge in [0.15, 0.2) is 5.78 Å². The van der Waals surface area contributed by atoms with Crippen LogP contribution in [0.4, 0.5) is 0 Å². The Labute approximate surface area is 87.6 Å². The Hall–Kier alpha value is -0.590. The number of Topliss-reactive ketones (excluding diaryl/α,β-unsaturated/α-hetero) is 1. The second kappa shape index (κ2) is 6.00. The quantitative estimate of drug-likeness (QED) is 0.649. The zero-order valence-electron chi connectivity index (χ0n) is 9.51. The lowest BCUT2D eigenvalue weighted by molar-refractivity contribution is -0.116. The summed E-state index contributed by atoms with van der Waals surface area (Å²) in [6.07, 6.45) is 9.82. The molecule has 0 aromatic rings. The van der Waals surface area contributed by atoms with E-state index in [1.54, 1.807) is 0 Å². The van der Waals surface area contributed by atoms with Crippen LogP contribution in [0.1, 0.15) is 58.8 Å². The van der Waals surface area contributed by atoms with E-state index in [-0.39, 0.29) is 0 Å². The molecule has 0 atom stereocenters. The van der Waals surface area contributed by atoms with Crippen molar-refractivity contribution >= 4 is 5.78 Å². The highest BCUT2D eigenvalue weighted by Crippen LogP contribution is 2.22. The predicted molar refractivity (Wildman–Crippen MR) is 60.2 cm³/mol. The van der Waals surface area contributed by atoms with Gasteiger partial charge in [0.05, 0.1) is 0 Å². The lowest BCUT2D eigenvalue weighted by atomic mass is 9.89. The van der Waals surface area contributed by atoms with Gasteiger partial charge in [-0.3, -0.25) is 4.79 Å². The SMILES string of the molecule is CCC(CC)CC(=O)C1=CCCCC1. The minimum Gasteiger partial charge on any atom is -0.295 e. The van der Waals surface area contributed by atoms with Gasteiger partial charge >= 0.3 is 0 Å². The van der Waals surface area contributed by atoms with Crippen LogP contribution >= 0.6 is 0 Å². The van der Waals surface area contributed by atoms with E-state index in [0.29, 0.717) is 11.7 Å². The maximum atomic E-state index is 11.9. The lowest BCUT2D eigenvalue weighted by Crippen LogP contribution is -2.11. The van der Waals surface area contributed by atoms with Gasteiger partial charge in [0, 0.05) is 6.42 Å². The van der Waals surface area contributed by atoms with Gasteiger partial charge in [-0.1, -0.05) is 32.8 Å². The molecule has 1 rings (SSSR count). The predicted octanol–water partition coefficient (Wildman–Crippen LogP) is 3.88. The third kappa shape index (κ3) is 3.28. The molecule has 0 saturated carbocycles. The largest absolute Gasteiger partial charge is 0.295 e. The molecule has 1 heteroatoms. The van der Waals surface area contributed by atoms with Crippen LogP contribution in [0.5, 0.6) is 0 Å². The summed E-state index contributed by atoms with van der Waals surface area (Å²) in [6, 6.07) is 0. The molecular weight excluding hydrogens is 172 g/mol. The summed E-state index contributed by atoms with van der Waals surface area (Å²) in [6.45, 7) is 4.35. The normalized spacial score (nSPS) is 16.9. The highest BCUT2D eigenvalue weighted by Gasteiger charge is 2.15. The zero-order valence-corrected chi connectivity index (χ0v) is 9.51. The van der Waals surface area contributed by atoms with Crippen LogP contribution in [0, 0.1) is 5.92 Å². The number of rotatable bonds is 5. The molecule has 1 aliphatic carbocycles.